The lowest BCUT2D eigenvalue weighted by Gasteiger charge is -2.18. The van der Waals surface area contributed by atoms with Crippen molar-refractivity contribution in [2.45, 2.75) is 46.1 Å². The van der Waals surface area contributed by atoms with Crippen molar-refractivity contribution in [1.29, 1.82) is 0 Å². The molecule has 2 nitrogen and oxygen atoms in total. The molecule has 2 unspecified atom stereocenters. The highest BCUT2D eigenvalue weighted by Crippen LogP contribution is 2.12. The van der Waals surface area contributed by atoms with Crippen LogP contribution in [0.3, 0.4) is 0 Å². The van der Waals surface area contributed by atoms with Crippen LogP contribution in [0.25, 0.3) is 0 Å². The van der Waals surface area contributed by atoms with Gasteiger partial charge in [-0.3, -0.25) is 0 Å². The van der Waals surface area contributed by atoms with E-state index in [0.29, 0.717) is 6.61 Å². The molecular weight excluding hydrogens is 176 g/mol. The van der Waals surface area contributed by atoms with Crippen LogP contribution in [0.5, 0.6) is 0 Å². The van der Waals surface area contributed by atoms with Gasteiger partial charge in [0.05, 0.1) is 6.10 Å². The Bertz CT molecular complexity index is 164. The van der Waals surface area contributed by atoms with E-state index in [9.17, 15) is 4.79 Å². The van der Waals surface area contributed by atoms with Gasteiger partial charge in [0.15, 0.2) is 0 Å². The summed E-state index contributed by atoms with van der Waals surface area (Å²) in [7, 11) is 0. The Morgan fingerprint density at radius 2 is 2.00 bits per heavy atom. The second kappa shape index (κ2) is 8.95. The van der Waals surface area contributed by atoms with Crippen LogP contribution in [-0.4, -0.2) is 19.0 Å². The predicted molar refractivity (Wildman–Crippen MR) is 59.3 cm³/mol. The molecule has 0 fully saturated rings. The number of hydrogen-bond acceptors (Lipinski definition) is 2. The molecule has 14 heavy (non-hydrogen) atoms. The SMILES string of the molecule is CCCC=CC(OCC)C(C=O)CC. The molecule has 0 rings (SSSR count). The van der Waals surface area contributed by atoms with Crippen molar-refractivity contribution in [2.75, 3.05) is 6.61 Å². The van der Waals surface area contributed by atoms with Crippen LogP contribution >= 0.6 is 0 Å². The van der Waals surface area contributed by atoms with Gasteiger partial charge in [0, 0.05) is 12.5 Å². The zero-order valence-electron chi connectivity index (χ0n) is 9.53. The summed E-state index contributed by atoms with van der Waals surface area (Å²) in [6.07, 6.45) is 8.11. The van der Waals surface area contributed by atoms with Gasteiger partial charge in [-0.2, -0.15) is 0 Å². The second-order valence-electron chi connectivity index (χ2n) is 3.34. The van der Waals surface area contributed by atoms with Crippen LogP contribution in [0.1, 0.15) is 40.0 Å². The number of allylic oxidation sites excluding steroid dienone is 1. The molecule has 0 aromatic rings. The average molecular weight is 198 g/mol. The smallest absolute Gasteiger partial charge is 0.125 e. The van der Waals surface area contributed by atoms with Gasteiger partial charge in [-0.05, 0) is 19.8 Å². The molecule has 0 heterocycles. The van der Waals surface area contributed by atoms with Gasteiger partial charge in [0.2, 0.25) is 0 Å². The molecule has 0 radical (unpaired) electrons. The molecule has 0 aromatic heterocycles. The first-order valence-corrected chi connectivity index (χ1v) is 5.53. The molecule has 2 atom stereocenters. The quantitative estimate of drug-likeness (QED) is 0.443. The number of unbranched alkanes of at least 4 members (excludes halogenated alkanes) is 1. The van der Waals surface area contributed by atoms with Gasteiger partial charge in [0.25, 0.3) is 0 Å². The zero-order chi connectivity index (χ0) is 10.8. The number of ether oxygens (including phenoxy) is 1. The fourth-order valence-corrected chi connectivity index (χ4v) is 1.32. The molecule has 0 saturated carbocycles. The Balaban J connectivity index is 4.17. The van der Waals surface area contributed by atoms with E-state index < -0.39 is 0 Å². The first kappa shape index (κ1) is 13.4. The lowest BCUT2D eigenvalue weighted by molar-refractivity contribution is -0.114. The number of hydrogen-bond donors (Lipinski definition) is 0. The Kier molecular flexibility index (Phi) is 8.54. The van der Waals surface area contributed by atoms with Crippen molar-refractivity contribution in [1.82, 2.24) is 0 Å². The van der Waals surface area contributed by atoms with Crippen LogP contribution in [0.4, 0.5) is 0 Å². The largest absolute Gasteiger partial charge is 0.374 e. The minimum absolute atomic E-state index is 0.00283. The van der Waals surface area contributed by atoms with Gasteiger partial charge in [-0.25, -0.2) is 0 Å². The lowest BCUT2D eigenvalue weighted by Crippen LogP contribution is -2.22. The van der Waals surface area contributed by atoms with Crippen molar-refractivity contribution < 1.29 is 9.53 Å². The van der Waals surface area contributed by atoms with Crippen LogP contribution in [-0.2, 0) is 9.53 Å². The molecule has 0 aromatic carbocycles. The second-order valence-corrected chi connectivity index (χ2v) is 3.34. The van der Waals surface area contributed by atoms with E-state index in [1.54, 1.807) is 0 Å². The number of rotatable bonds is 8. The number of aldehydes is 1. The number of carbonyl (C=O) groups is 1. The van der Waals surface area contributed by atoms with Gasteiger partial charge in [0.1, 0.15) is 6.29 Å². The van der Waals surface area contributed by atoms with E-state index in [1.807, 2.05) is 19.9 Å². The fourth-order valence-electron chi connectivity index (χ4n) is 1.32. The monoisotopic (exact) mass is 198 g/mol. The molecule has 2 heteroatoms. The molecule has 0 spiro atoms. The van der Waals surface area contributed by atoms with E-state index in [-0.39, 0.29) is 12.0 Å². The minimum atomic E-state index is -0.0333. The number of carbonyl (C=O) groups excluding carboxylic acids is 1. The van der Waals surface area contributed by atoms with Gasteiger partial charge < -0.3 is 9.53 Å². The third kappa shape index (κ3) is 5.18. The Morgan fingerprint density at radius 3 is 2.43 bits per heavy atom. The van der Waals surface area contributed by atoms with E-state index in [1.165, 1.54) is 0 Å². The highest BCUT2D eigenvalue weighted by Gasteiger charge is 2.16. The standard InChI is InChI=1S/C12H22O2/c1-4-7-8-9-12(14-6-3)11(5-2)10-13/h8-12H,4-7H2,1-3H3. The van der Waals surface area contributed by atoms with E-state index in [0.717, 1.165) is 25.5 Å². The molecule has 0 N–H and O–H groups in total. The maximum atomic E-state index is 10.8. The highest BCUT2D eigenvalue weighted by molar-refractivity contribution is 5.55. The molecule has 0 aliphatic heterocycles. The van der Waals surface area contributed by atoms with Crippen LogP contribution in [0.15, 0.2) is 12.2 Å². The molecular formula is C12H22O2. The summed E-state index contributed by atoms with van der Waals surface area (Å²) in [4.78, 5) is 10.8. The van der Waals surface area contributed by atoms with Gasteiger partial charge in [-0.1, -0.05) is 32.4 Å². The average Bonchev–Trinajstić information content (AvgIpc) is 2.20. The molecule has 0 aliphatic rings. The Labute approximate surface area is 87.3 Å². The summed E-state index contributed by atoms with van der Waals surface area (Å²) in [6.45, 7) is 6.76. The molecule has 0 amide bonds. The normalized spacial score (nSPS) is 15.6. The lowest BCUT2D eigenvalue weighted by atomic mass is 10.0. The molecule has 0 saturated heterocycles. The van der Waals surface area contributed by atoms with Gasteiger partial charge >= 0.3 is 0 Å². The van der Waals surface area contributed by atoms with Crippen molar-refractivity contribution in [3.05, 3.63) is 12.2 Å². The first-order valence-electron chi connectivity index (χ1n) is 5.53. The summed E-state index contributed by atoms with van der Waals surface area (Å²) in [5.74, 6) is 0.00283. The molecule has 82 valence electrons. The summed E-state index contributed by atoms with van der Waals surface area (Å²) in [6, 6.07) is 0. The topological polar surface area (TPSA) is 26.3 Å². The molecule has 0 bridgehead atoms. The van der Waals surface area contributed by atoms with Crippen LogP contribution in [0, 0.1) is 5.92 Å². The Morgan fingerprint density at radius 1 is 1.29 bits per heavy atom. The summed E-state index contributed by atoms with van der Waals surface area (Å²) in [5.41, 5.74) is 0. The van der Waals surface area contributed by atoms with E-state index in [2.05, 4.69) is 13.0 Å². The maximum Gasteiger partial charge on any atom is 0.125 e. The summed E-state index contributed by atoms with van der Waals surface area (Å²) >= 11 is 0. The third-order valence-corrected chi connectivity index (χ3v) is 2.21. The zero-order valence-corrected chi connectivity index (χ0v) is 9.53. The fraction of sp³-hybridized carbons (Fsp3) is 0.750. The van der Waals surface area contributed by atoms with Gasteiger partial charge in [-0.15, -0.1) is 0 Å². The highest BCUT2D eigenvalue weighted by atomic mass is 16.5. The molecule has 0 aliphatic carbocycles. The maximum absolute atomic E-state index is 10.8. The van der Waals surface area contributed by atoms with E-state index in [4.69, 9.17) is 4.74 Å². The minimum Gasteiger partial charge on any atom is -0.374 e. The van der Waals surface area contributed by atoms with Crippen molar-refractivity contribution in [3.63, 3.8) is 0 Å². The summed E-state index contributed by atoms with van der Waals surface area (Å²) < 4.78 is 5.51. The third-order valence-electron chi connectivity index (χ3n) is 2.21. The first-order chi connectivity index (χ1) is 6.79. The van der Waals surface area contributed by atoms with E-state index >= 15 is 0 Å². The summed E-state index contributed by atoms with van der Waals surface area (Å²) in [5, 5.41) is 0. The van der Waals surface area contributed by atoms with Crippen molar-refractivity contribution in [3.8, 4) is 0 Å². The van der Waals surface area contributed by atoms with Crippen molar-refractivity contribution >= 4 is 6.29 Å². The predicted octanol–water partition coefficient (Wildman–Crippen LogP) is 2.97. The van der Waals surface area contributed by atoms with Crippen molar-refractivity contribution in [2.24, 2.45) is 5.92 Å². The Hall–Kier alpha value is -0.630. The van der Waals surface area contributed by atoms with Crippen LogP contribution < -0.4 is 0 Å². The van der Waals surface area contributed by atoms with Crippen LogP contribution in [0.2, 0.25) is 0 Å².